The molecule has 42 heavy (non-hydrogen) atoms. The highest BCUT2D eigenvalue weighted by Gasteiger charge is 2.32. The number of carbonyl (C=O) groups excluding carboxylic acids is 1. The molecule has 0 bridgehead atoms. The van der Waals surface area contributed by atoms with Crippen LogP contribution in [0.1, 0.15) is 24.0 Å². The average Bonchev–Trinajstić information content (AvgIpc) is 3.63. The molecule has 1 aromatic heterocycles. The lowest BCUT2D eigenvalue weighted by Gasteiger charge is -2.24. The number of nitrogens with zero attached hydrogens (tertiary/aromatic N) is 3. The number of sulfonamides is 1. The summed E-state index contributed by atoms with van der Waals surface area (Å²) in [6.45, 7) is 1.83. The molecule has 1 atom stereocenters. The van der Waals surface area contributed by atoms with Crippen molar-refractivity contribution in [2.45, 2.75) is 36.9 Å². The fraction of sp³-hybridized carbons (Fsp3) is 0.267. The Morgan fingerprint density at radius 2 is 1.74 bits per heavy atom. The number of aromatic nitrogens is 2. The van der Waals surface area contributed by atoms with Crippen LogP contribution in [0.2, 0.25) is 0 Å². The second-order valence-electron chi connectivity index (χ2n) is 10.0. The van der Waals surface area contributed by atoms with Gasteiger partial charge in [-0.1, -0.05) is 48.0 Å². The first-order valence-electron chi connectivity index (χ1n) is 13.3. The Bertz CT molecular complexity index is 1630. The van der Waals surface area contributed by atoms with Crippen LogP contribution in [0.3, 0.4) is 0 Å². The van der Waals surface area contributed by atoms with Gasteiger partial charge in [0.2, 0.25) is 21.9 Å². The second kappa shape index (κ2) is 12.1. The van der Waals surface area contributed by atoms with Crippen LogP contribution < -0.4 is 5.32 Å². The third kappa shape index (κ3) is 6.72. The summed E-state index contributed by atoms with van der Waals surface area (Å²) in [4.78, 5) is 18.0. The first kappa shape index (κ1) is 29.5. The van der Waals surface area contributed by atoms with E-state index in [-0.39, 0.29) is 23.5 Å². The Morgan fingerprint density at radius 3 is 2.36 bits per heavy atom. The molecule has 220 valence electrons. The number of hydrogen-bond donors (Lipinski definition) is 1. The third-order valence-electron chi connectivity index (χ3n) is 6.91. The molecule has 0 saturated carbocycles. The van der Waals surface area contributed by atoms with E-state index >= 15 is 0 Å². The van der Waals surface area contributed by atoms with Gasteiger partial charge in [0.05, 0.1) is 28.8 Å². The number of carbonyl (C=O) groups is 1. The van der Waals surface area contributed by atoms with Crippen molar-refractivity contribution in [1.82, 2.24) is 13.9 Å². The van der Waals surface area contributed by atoms with Gasteiger partial charge in [0.15, 0.2) is 0 Å². The number of anilines is 1. The van der Waals surface area contributed by atoms with Gasteiger partial charge in [-0.3, -0.25) is 14.7 Å². The van der Waals surface area contributed by atoms with Crippen molar-refractivity contribution < 1.29 is 31.1 Å². The number of benzene rings is 3. The van der Waals surface area contributed by atoms with Gasteiger partial charge >= 0.3 is 6.18 Å². The standard InChI is InChI=1S/C30H29F3N4O4S/c1-21-9-15-26(16-10-21)42(39,40)36(18-25-8-5-17-41-25)20-28(38)35-29-34-27(22-6-3-2-4-7-22)19-37(29)24-13-11-23(12-14-24)30(31,32)33/h2-4,6-7,9-16,19,25H,5,8,17-18,20H2,1H3,(H,34,35,38). The van der Waals surface area contributed by atoms with Gasteiger partial charge in [-0.2, -0.15) is 17.5 Å². The molecule has 1 amide bonds. The zero-order valence-corrected chi connectivity index (χ0v) is 23.5. The first-order valence-corrected chi connectivity index (χ1v) is 14.8. The van der Waals surface area contributed by atoms with E-state index in [0.29, 0.717) is 24.4 Å². The van der Waals surface area contributed by atoms with Crippen LogP contribution in [0.15, 0.2) is 90.0 Å². The Balaban J connectivity index is 1.45. The minimum absolute atomic E-state index is 0.00770. The number of aryl methyl sites for hydroxylation is 1. The van der Waals surface area contributed by atoms with Crippen LogP contribution in [-0.4, -0.2) is 54.0 Å². The quantitative estimate of drug-likeness (QED) is 0.268. The van der Waals surface area contributed by atoms with Crippen molar-refractivity contribution in [2.75, 3.05) is 25.0 Å². The van der Waals surface area contributed by atoms with Gasteiger partial charge in [-0.05, 0) is 56.2 Å². The van der Waals surface area contributed by atoms with E-state index in [4.69, 9.17) is 4.74 Å². The average molecular weight is 599 g/mol. The third-order valence-corrected chi connectivity index (χ3v) is 8.74. The number of nitrogens with one attached hydrogen (secondary N) is 1. The number of hydrogen-bond acceptors (Lipinski definition) is 5. The van der Waals surface area contributed by atoms with Crippen LogP contribution in [0.4, 0.5) is 19.1 Å². The summed E-state index contributed by atoms with van der Waals surface area (Å²) < 4.78 is 74.9. The molecule has 1 fully saturated rings. The van der Waals surface area contributed by atoms with Crippen LogP contribution in [0.25, 0.3) is 16.9 Å². The van der Waals surface area contributed by atoms with Crippen molar-refractivity contribution in [3.05, 3.63) is 96.2 Å². The highest BCUT2D eigenvalue weighted by molar-refractivity contribution is 7.89. The van der Waals surface area contributed by atoms with Crippen molar-refractivity contribution in [1.29, 1.82) is 0 Å². The minimum Gasteiger partial charge on any atom is -0.377 e. The molecule has 0 aliphatic carbocycles. The van der Waals surface area contributed by atoms with Crippen molar-refractivity contribution in [3.63, 3.8) is 0 Å². The highest BCUT2D eigenvalue weighted by atomic mass is 32.2. The molecule has 3 aromatic carbocycles. The van der Waals surface area contributed by atoms with Crippen molar-refractivity contribution in [3.8, 4) is 16.9 Å². The van der Waals surface area contributed by atoms with E-state index < -0.39 is 34.2 Å². The molecule has 5 rings (SSSR count). The summed E-state index contributed by atoms with van der Waals surface area (Å²) in [5.74, 6) is -0.634. The van der Waals surface area contributed by atoms with E-state index in [2.05, 4.69) is 10.3 Å². The molecule has 0 spiro atoms. The summed E-state index contributed by atoms with van der Waals surface area (Å²) >= 11 is 0. The molecule has 12 heteroatoms. The number of amides is 1. The molecule has 2 heterocycles. The van der Waals surface area contributed by atoms with Gasteiger partial charge in [0.1, 0.15) is 0 Å². The zero-order chi connectivity index (χ0) is 29.9. The predicted octanol–water partition coefficient (Wildman–Crippen LogP) is 5.67. The molecule has 1 saturated heterocycles. The summed E-state index contributed by atoms with van der Waals surface area (Å²) in [7, 11) is -4.05. The van der Waals surface area contributed by atoms with Crippen molar-refractivity contribution in [2.24, 2.45) is 0 Å². The van der Waals surface area contributed by atoms with Crippen molar-refractivity contribution >= 4 is 21.9 Å². The molecular formula is C30H29F3N4O4S. The lowest BCUT2D eigenvalue weighted by Crippen LogP contribution is -2.42. The number of ether oxygens (including phenoxy) is 1. The Hall–Kier alpha value is -4.00. The highest BCUT2D eigenvalue weighted by Crippen LogP contribution is 2.31. The van der Waals surface area contributed by atoms with Gasteiger partial charge in [0.25, 0.3) is 0 Å². The maximum absolute atomic E-state index is 13.6. The molecule has 0 radical (unpaired) electrons. The fourth-order valence-corrected chi connectivity index (χ4v) is 6.10. The predicted molar refractivity (Wildman–Crippen MR) is 152 cm³/mol. The number of imidazole rings is 1. The largest absolute Gasteiger partial charge is 0.416 e. The normalized spacial score (nSPS) is 15.7. The number of alkyl halides is 3. The van der Waals surface area contributed by atoms with Crippen LogP contribution >= 0.6 is 0 Å². The minimum atomic E-state index is -4.50. The van der Waals surface area contributed by atoms with E-state index in [1.54, 1.807) is 18.3 Å². The second-order valence-corrected chi connectivity index (χ2v) is 12.0. The topological polar surface area (TPSA) is 93.5 Å². The molecule has 1 N–H and O–H groups in total. The van der Waals surface area contributed by atoms with Crippen LogP contribution in [0.5, 0.6) is 0 Å². The molecule has 1 aliphatic rings. The number of rotatable bonds is 9. The lowest BCUT2D eigenvalue weighted by molar-refractivity contribution is -0.137. The molecule has 1 unspecified atom stereocenters. The zero-order valence-electron chi connectivity index (χ0n) is 22.7. The maximum Gasteiger partial charge on any atom is 0.416 e. The van der Waals surface area contributed by atoms with Crippen LogP contribution in [-0.2, 0) is 25.7 Å². The first-order chi connectivity index (χ1) is 20.0. The Labute approximate surface area is 241 Å². The van der Waals surface area contributed by atoms with Gasteiger partial charge in [0, 0.05) is 30.6 Å². The van der Waals surface area contributed by atoms with Gasteiger partial charge in [-0.25, -0.2) is 13.4 Å². The van der Waals surface area contributed by atoms with E-state index in [0.717, 1.165) is 34.0 Å². The van der Waals surface area contributed by atoms with Gasteiger partial charge in [-0.15, -0.1) is 0 Å². The van der Waals surface area contributed by atoms with E-state index in [1.165, 1.54) is 28.8 Å². The summed E-state index contributed by atoms with van der Waals surface area (Å²) in [6, 6.07) is 19.9. The Morgan fingerprint density at radius 1 is 1.05 bits per heavy atom. The van der Waals surface area contributed by atoms with Gasteiger partial charge < -0.3 is 4.74 Å². The smallest absolute Gasteiger partial charge is 0.377 e. The van der Waals surface area contributed by atoms with E-state index in [1.807, 2.05) is 37.3 Å². The molecule has 1 aliphatic heterocycles. The molecular weight excluding hydrogens is 569 g/mol. The molecule has 8 nitrogen and oxygen atoms in total. The summed E-state index contributed by atoms with van der Waals surface area (Å²) in [6.07, 6.45) is -1.80. The van der Waals surface area contributed by atoms with E-state index in [9.17, 15) is 26.4 Å². The maximum atomic E-state index is 13.6. The SMILES string of the molecule is Cc1ccc(S(=O)(=O)N(CC(=O)Nc2nc(-c3ccccc3)cn2-c2ccc(C(F)(F)F)cc2)CC2CCCO2)cc1. The summed E-state index contributed by atoms with van der Waals surface area (Å²) in [5.41, 5.74) is 1.60. The monoisotopic (exact) mass is 598 g/mol. The summed E-state index contributed by atoms with van der Waals surface area (Å²) in [5, 5.41) is 2.68. The lowest BCUT2D eigenvalue weighted by atomic mass is 10.2. The molecule has 4 aromatic rings. The van der Waals surface area contributed by atoms with Crippen LogP contribution in [0, 0.1) is 6.92 Å². The number of halogens is 3. The Kier molecular flexibility index (Phi) is 8.48. The fourth-order valence-electron chi connectivity index (χ4n) is 4.67.